The Balaban J connectivity index is 1.33. The SMILES string of the molecule is O=C(CCC(=O)N1CCOC(c2ccc(F)cc2)C1)c1ccc2c(c1)CCC2. The van der Waals surface area contributed by atoms with Crippen molar-refractivity contribution in [3.63, 3.8) is 0 Å². The maximum atomic E-state index is 13.1. The molecule has 0 bridgehead atoms. The van der Waals surface area contributed by atoms with E-state index in [4.69, 9.17) is 4.74 Å². The molecule has 0 aromatic heterocycles. The van der Waals surface area contributed by atoms with Crippen molar-refractivity contribution >= 4 is 11.7 Å². The normalized spacial score (nSPS) is 18.8. The molecule has 5 heteroatoms. The fourth-order valence-electron chi connectivity index (χ4n) is 4.02. The smallest absolute Gasteiger partial charge is 0.223 e. The van der Waals surface area contributed by atoms with Crippen LogP contribution in [0.2, 0.25) is 0 Å². The van der Waals surface area contributed by atoms with Crippen LogP contribution in [0.1, 0.15) is 52.4 Å². The van der Waals surface area contributed by atoms with Gasteiger partial charge in [0, 0.05) is 24.9 Å². The molecular formula is C23H24FNO3. The number of Topliss-reactive ketones (excluding diaryl/α,β-unsaturated/α-hetero) is 1. The van der Waals surface area contributed by atoms with E-state index in [2.05, 4.69) is 0 Å². The molecule has 1 saturated heterocycles. The number of ether oxygens (including phenoxy) is 1. The van der Waals surface area contributed by atoms with Crippen molar-refractivity contribution in [2.75, 3.05) is 19.7 Å². The zero-order valence-electron chi connectivity index (χ0n) is 15.8. The number of carbonyl (C=O) groups excluding carboxylic acids is 2. The highest BCUT2D eigenvalue weighted by atomic mass is 19.1. The van der Waals surface area contributed by atoms with Crippen LogP contribution in [0.25, 0.3) is 0 Å². The molecule has 1 unspecified atom stereocenters. The van der Waals surface area contributed by atoms with Crippen LogP contribution in [0, 0.1) is 5.82 Å². The molecule has 1 heterocycles. The number of benzene rings is 2. The van der Waals surface area contributed by atoms with Gasteiger partial charge in [-0.25, -0.2) is 4.39 Å². The summed E-state index contributed by atoms with van der Waals surface area (Å²) in [6, 6.07) is 12.1. The molecule has 1 aliphatic carbocycles. The first-order chi connectivity index (χ1) is 13.6. The van der Waals surface area contributed by atoms with Crippen LogP contribution < -0.4 is 0 Å². The van der Waals surface area contributed by atoms with Gasteiger partial charge < -0.3 is 9.64 Å². The van der Waals surface area contributed by atoms with Gasteiger partial charge in [0.15, 0.2) is 5.78 Å². The number of carbonyl (C=O) groups is 2. The fraction of sp³-hybridized carbons (Fsp3) is 0.391. The molecule has 1 amide bonds. The first-order valence-corrected chi connectivity index (χ1v) is 9.90. The van der Waals surface area contributed by atoms with E-state index in [-0.39, 0.29) is 36.5 Å². The highest BCUT2D eigenvalue weighted by Crippen LogP contribution is 2.25. The maximum Gasteiger partial charge on any atom is 0.223 e. The number of hydrogen-bond acceptors (Lipinski definition) is 3. The average molecular weight is 381 g/mol. The second kappa shape index (κ2) is 8.23. The Hall–Kier alpha value is -2.53. The third-order valence-corrected chi connectivity index (χ3v) is 5.65. The van der Waals surface area contributed by atoms with E-state index in [1.807, 2.05) is 18.2 Å². The van der Waals surface area contributed by atoms with Crippen LogP contribution in [0.5, 0.6) is 0 Å². The minimum atomic E-state index is -0.294. The summed E-state index contributed by atoms with van der Waals surface area (Å²) in [4.78, 5) is 26.9. The summed E-state index contributed by atoms with van der Waals surface area (Å²) in [7, 11) is 0. The van der Waals surface area contributed by atoms with Crippen LogP contribution in [-0.2, 0) is 22.4 Å². The molecule has 28 heavy (non-hydrogen) atoms. The highest BCUT2D eigenvalue weighted by Gasteiger charge is 2.26. The average Bonchev–Trinajstić information content (AvgIpc) is 3.20. The van der Waals surface area contributed by atoms with Crippen LogP contribution in [0.4, 0.5) is 4.39 Å². The van der Waals surface area contributed by atoms with Gasteiger partial charge in [-0.05, 0) is 54.2 Å². The monoisotopic (exact) mass is 381 g/mol. The highest BCUT2D eigenvalue weighted by molar-refractivity contribution is 5.98. The number of rotatable bonds is 5. The summed E-state index contributed by atoms with van der Waals surface area (Å²) < 4.78 is 18.8. The predicted octanol–water partition coefficient (Wildman–Crippen LogP) is 3.88. The van der Waals surface area contributed by atoms with Gasteiger partial charge in [0.05, 0.1) is 13.2 Å². The molecule has 2 aliphatic rings. The van der Waals surface area contributed by atoms with Crippen molar-refractivity contribution in [3.8, 4) is 0 Å². The quantitative estimate of drug-likeness (QED) is 0.739. The maximum absolute atomic E-state index is 13.1. The number of nitrogens with zero attached hydrogens (tertiary/aromatic N) is 1. The molecule has 2 aromatic carbocycles. The van der Waals surface area contributed by atoms with Gasteiger partial charge in [0.25, 0.3) is 0 Å². The van der Waals surface area contributed by atoms with Gasteiger partial charge >= 0.3 is 0 Å². The molecule has 1 atom stereocenters. The molecule has 2 aromatic rings. The van der Waals surface area contributed by atoms with Gasteiger partial charge in [0.2, 0.25) is 5.91 Å². The van der Waals surface area contributed by atoms with E-state index in [0.29, 0.717) is 25.3 Å². The Labute approximate surface area is 164 Å². The molecule has 1 fully saturated rings. The van der Waals surface area contributed by atoms with Gasteiger partial charge in [-0.1, -0.05) is 24.3 Å². The first-order valence-electron chi connectivity index (χ1n) is 9.90. The molecule has 4 nitrogen and oxygen atoms in total. The van der Waals surface area contributed by atoms with E-state index < -0.39 is 0 Å². The minimum absolute atomic E-state index is 0.0198. The van der Waals surface area contributed by atoms with Gasteiger partial charge in [-0.3, -0.25) is 9.59 Å². The van der Waals surface area contributed by atoms with Crippen molar-refractivity contribution in [2.24, 2.45) is 0 Å². The van der Waals surface area contributed by atoms with Crippen molar-refractivity contribution in [1.29, 1.82) is 0 Å². The lowest BCUT2D eigenvalue weighted by Gasteiger charge is -2.33. The zero-order valence-corrected chi connectivity index (χ0v) is 15.8. The molecule has 0 saturated carbocycles. The van der Waals surface area contributed by atoms with E-state index in [1.54, 1.807) is 17.0 Å². The number of fused-ring (bicyclic) bond motifs is 1. The fourth-order valence-corrected chi connectivity index (χ4v) is 4.02. The summed E-state index contributed by atoms with van der Waals surface area (Å²) in [5, 5.41) is 0. The zero-order chi connectivity index (χ0) is 19.5. The number of amides is 1. The summed E-state index contributed by atoms with van der Waals surface area (Å²) >= 11 is 0. The van der Waals surface area contributed by atoms with Gasteiger partial charge in [0.1, 0.15) is 11.9 Å². The van der Waals surface area contributed by atoms with Crippen LogP contribution >= 0.6 is 0 Å². The third kappa shape index (κ3) is 4.14. The van der Waals surface area contributed by atoms with E-state index >= 15 is 0 Å². The second-order valence-electron chi connectivity index (χ2n) is 7.51. The van der Waals surface area contributed by atoms with Gasteiger partial charge in [-0.2, -0.15) is 0 Å². The van der Waals surface area contributed by atoms with E-state index in [1.165, 1.54) is 23.3 Å². The Morgan fingerprint density at radius 3 is 2.64 bits per heavy atom. The molecule has 4 rings (SSSR count). The van der Waals surface area contributed by atoms with E-state index in [9.17, 15) is 14.0 Å². The number of halogens is 1. The van der Waals surface area contributed by atoms with Crippen molar-refractivity contribution in [1.82, 2.24) is 4.90 Å². The largest absolute Gasteiger partial charge is 0.370 e. The Morgan fingerprint density at radius 2 is 1.82 bits per heavy atom. The lowest BCUT2D eigenvalue weighted by molar-refractivity contribution is -0.139. The third-order valence-electron chi connectivity index (χ3n) is 5.65. The molecular weight excluding hydrogens is 357 g/mol. The molecule has 0 radical (unpaired) electrons. The lowest BCUT2D eigenvalue weighted by atomic mass is 10.0. The number of hydrogen-bond donors (Lipinski definition) is 0. The summed E-state index contributed by atoms with van der Waals surface area (Å²) in [5.74, 6) is -0.311. The van der Waals surface area contributed by atoms with Gasteiger partial charge in [-0.15, -0.1) is 0 Å². The van der Waals surface area contributed by atoms with Crippen molar-refractivity contribution in [3.05, 3.63) is 70.5 Å². The first kappa shape index (κ1) is 18.8. The molecule has 146 valence electrons. The summed E-state index contributed by atoms with van der Waals surface area (Å²) in [6.45, 7) is 1.38. The topological polar surface area (TPSA) is 46.6 Å². The number of aryl methyl sites for hydroxylation is 2. The standard InChI is InChI=1S/C23H24FNO3/c24-20-8-6-17(7-9-20)22-15-25(12-13-28-22)23(27)11-10-21(26)19-5-4-16-2-1-3-18(16)14-19/h4-9,14,22H,1-3,10-13,15H2. The van der Waals surface area contributed by atoms with E-state index in [0.717, 1.165) is 24.8 Å². The summed E-state index contributed by atoms with van der Waals surface area (Å²) in [6.07, 6.45) is 3.44. The van der Waals surface area contributed by atoms with Crippen molar-refractivity contribution in [2.45, 2.75) is 38.2 Å². The number of ketones is 1. The second-order valence-corrected chi connectivity index (χ2v) is 7.51. The minimum Gasteiger partial charge on any atom is -0.370 e. The lowest BCUT2D eigenvalue weighted by Crippen LogP contribution is -2.42. The number of morpholine rings is 1. The molecule has 0 spiro atoms. The molecule has 0 N–H and O–H groups in total. The predicted molar refractivity (Wildman–Crippen MR) is 104 cm³/mol. The summed E-state index contributed by atoms with van der Waals surface area (Å²) in [5.41, 5.74) is 4.17. The molecule has 1 aliphatic heterocycles. The van der Waals surface area contributed by atoms with Crippen LogP contribution in [0.3, 0.4) is 0 Å². The van der Waals surface area contributed by atoms with Crippen molar-refractivity contribution < 1.29 is 18.7 Å². The Bertz CT molecular complexity index is 878. The van der Waals surface area contributed by atoms with Crippen LogP contribution in [-0.4, -0.2) is 36.3 Å². The Morgan fingerprint density at radius 1 is 1.04 bits per heavy atom. The van der Waals surface area contributed by atoms with Crippen LogP contribution in [0.15, 0.2) is 42.5 Å². The Kier molecular flexibility index (Phi) is 5.53.